The minimum atomic E-state index is 0. The summed E-state index contributed by atoms with van der Waals surface area (Å²) in [6, 6.07) is 6.13. The molecule has 0 saturated heterocycles. The zero-order valence-electron chi connectivity index (χ0n) is 6.06. The quantitative estimate of drug-likeness (QED) is 0.591. The summed E-state index contributed by atoms with van der Waals surface area (Å²) in [4.78, 5) is 0. The van der Waals surface area contributed by atoms with Gasteiger partial charge in [-0.25, -0.2) is 5.75 Å². The van der Waals surface area contributed by atoms with Crippen molar-refractivity contribution in [1.29, 1.82) is 0 Å². The number of hydrogen-bond acceptors (Lipinski definition) is 1. The van der Waals surface area contributed by atoms with Gasteiger partial charge in [-0.1, -0.05) is 13.8 Å². The van der Waals surface area contributed by atoms with E-state index in [1.807, 2.05) is 19.9 Å². The molecule has 0 heterocycles. The molecule has 0 aliphatic rings. The molecule has 1 aromatic carbocycles. The number of rotatable bonds is 0. The number of benzene rings is 1. The van der Waals surface area contributed by atoms with Crippen molar-refractivity contribution in [2.45, 2.75) is 13.8 Å². The Bertz CT molecular complexity index is 200. The Hall–Kier alpha value is -0.0969. The van der Waals surface area contributed by atoms with Gasteiger partial charge >= 0.3 is 26.2 Å². The van der Waals surface area contributed by atoms with Crippen molar-refractivity contribution in [3.63, 3.8) is 0 Å². The molecule has 0 amide bonds. The number of hydrogen-bond donors (Lipinski definition) is 0. The van der Waals surface area contributed by atoms with Gasteiger partial charge in [0.15, 0.2) is 0 Å². The van der Waals surface area contributed by atoms with Crippen LogP contribution in [0.1, 0.15) is 11.1 Å². The molecule has 1 aromatic rings. The monoisotopic (exact) mass is 210 g/mol. The second-order valence-electron chi connectivity index (χ2n) is 2.11. The van der Waals surface area contributed by atoms with E-state index in [0.717, 1.165) is 11.1 Å². The summed E-state index contributed by atoms with van der Waals surface area (Å²) >= 11 is 0. The molecular weight excluding hydrogens is 203 g/mol. The molecule has 0 aliphatic heterocycles. The smallest absolute Gasteiger partial charge is 0.891 e. The fourth-order valence-corrected chi connectivity index (χ4v) is 0.655. The SMILES string of the molecule is Cc1cc[c-]c([O-])c1C.[Zr+2]. The molecule has 1 nitrogen and oxygen atoms in total. The van der Waals surface area contributed by atoms with Gasteiger partial charge in [0, 0.05) is 0 Å². The van der Waals surface area contributed by atoms with Crippen LogP contribution >= 0.6 is 0 Å². The predicted octanol–water partition coefficient (Wildman–Crippen LogP) is 1.17. The third-order valence-electron chi connectivity index (χ3n) is 1.48. The van der Waals surface area contributed by atoms with Gasteiger partial charge in [0.2, 0.25) is 0 Å². The molecule has 0 fully saturated rings. The summed E-state index contributed by atoms with van der Waals surface area (Å²) in [6.07, 6.45) is 0. The summed E-state index contributed by atoms with van der Waals surface area (Å²) in [7, 11) is 0. The molecule has 0 aliphatic carbocycles. The van der Waals surface area contributed by atoms with E-state index in [4.69, 9.17) is 0 Å². The van der Waals surface area contributed by atoms with Crippen LogP contribution in [0, 0.1) is 19.9 Å². The normalized spacial score (nSPS) is 8.60. The molecule has 10 heavy (non-hydrogen) atoms. The van der Waals surface area contributed by atoms with E-state index in [0.29, 0.717) is 0 Å². The van der Waals surface area contributed by atoms with E-state index >= 15 is 0 Å². The standard InChI is InChI=1S/C8H9O.Zr/c1-6-4-3-5-8(9)7(6)2;/h3-4,9H,1-2H3;/q-1;+2/p-1. The van der Waals surface area contributed by atoms with E-state index in [9.17, 15) is 5.11 Å². The molecule has 0 bridgehead atoms. The van der Waals surface area contributed by atoms with Crippen molar-refractivity contribution in [3.8, 4) is 5.75 Å². The Morgan fingerprint density at radius 1 is 1.40 bits per heavy atom. The molecule has 2 heteroatoms. The van der Waals surface area contributed by atoms with Gasteiger partial charge in [0.25, 0.3) is 0 Å². The fraction of sp³-hybridized carbons (Fsp3) is 0.250. The van der Waals surface area contributed by atoms with Gasteiger partial charge < -0.3 is 5.11 Å². The van der Waals surface area contributed by atoms with Crippen LogP contribution in [-0.4, -0.2) is 0 Å². The molecular formula is C8H8OZr. The second-order valence-corrected chi connectivity index (χ2v) is 2.11. The van der Waals surface area contributed by atoms with Crippen molar-refractivity contribution in [2.75, 3.05) is 0 Å². The largest absolute Gasteiger partial charge is 2.00 e. The average molecular weight is 211 g/mol. The minimum absolute atomic E-state index is 0. The van der Waals surface area contributed by atoms with Gasteiger partial charge in [0.1, 0.15) is 0 Å². The zero-order valence-corrected chi connectivity index (χ0v) is 8.52. The maximum atomic E-state index is 10.8. The third kappa shape index (κ3) is 1.95. The molecule has 0 spiro atoms. The van der Waals surface area contributed by atoms with Crippen LogP contribution in [0.4, 0.5) is 0 Å². The first-order valence-corrected chi connectivity index (χ1v) is 2.86. The van der Waals surface area contributed by atoms with Gasteiger partial charge in [-0.15, -0.1) is 0 Å². The van der Waals surface area contributed by atoms with Crippen molar-refractivity contribution in [1.82, 2.24) is 0 Å². The van der Waals surface area contributed by atoms with Crippen molar-refractivity contribution in [3.05, 3.63) is 29.3 Å². The minimum Gasteiger partial charge on any atom is -0.891 e. The van der Waals surface area contributed by atoms with Crippen LogP contribution in [0.2, 0.25) is 0 Å². The van der Waals surface area contributed by atoms with Crippen LogP contribution in [-0.2, 0) is 26.2 Å². The Morgan fingerprint density at radius 3 is 2.40 bits per heavy atom. The summed E-state index contributed by atoms with van der Waals surface area (Å²) in [5.41, 5.74) is 1.84. The maximum absolute atomic E-state index is 10.8. The summed E-state index contributed by atoms with van der Waals surface area (Å²) in [5, 5.41) is 10.8. The van der Waals surface area contributed by atoms with Crippen molar-refractivity contribution >= 4 is 0 Å². The Balaban J connectivity index is 0.000000810. The second kappa shape index (κ2) is 3.92. The van der Waals surface area contributed by atoms with E-state index in [2.05, 4.69) is 6.07 Å². The van der Waals surface area contributed by atoms with E-state index in [1.54, 1.807) is 6.07 Å². The summed E-state index contributed by atoms with van der Waals surface area (Å²) in [6.45, 7) is 3.73. The third-order valence-corrected chi connectivity index (χ3v) is 1.48. The van der Waals surface area contributed by atoms with Crippen LogP contribution in [0.15, 0.2) is 12.1 Å². The van der Waals surface area contributed by atoms with Gasteiger partial charge in [-0.2, -0.15) is 29.3 Å². The first-order valence-electron chi connectivity index (χ1n) is 2.86. The molecule has 0 aromatic heterocycles. The molecule has 0 atom stereocenters. The molecule has 1 rings (SSSR count). The maximum Gasteiger partial charge on any atom is 2.00 e. The van der Waals surface area contributed by atoms with E-state index in [1.165, 1.54) is 0 Å². The Kier molecular flexibility index (Phi) is 3.89. The van der Waals surface area contributed by atoms with Crippen molar-refractivity contribution < 1.29 is 31.3 Å². The fourth-order valence-electron chi connectivity index (χ4n) is 0.655. The topological polar surface area (TPSA) is 23.1 Å². The first-order chi connectivity index (χ1) is 4.22. The van der Waals surface area contributed by atoms with Crippen LogP contribution in [0.25, 0.3) is 0 Å². The zero-order chi connectivity index (χ0) is 6.85. The Morgan fingerprint density at radius 2 is 2.00 bits per heavy atom. The molecule has 0 N–H and O–H groups in total. The van der Waals surface area contributed by atoms with Crippen LogP contribution in [0.3, 0.4) is 0 Å². The first kappa shape index (κ1) is 9.90. The average Bonchev–Trinajstić information content (AvgIpc) is 1.83. The van der Waals surface area contributed by atoms with Gasteiger partial charge in [-0.05, 0) is 0 Å². The van der Waals surface area contributed by atoms with Gasteiger partial charge in [0.05, 0.1) is 0 Å². The molecule has 0 saturated carbocycles. The van der Waals surface area contributed by atoms with Gasteiger partial charge in [-0.3, -0.25) is 0 Å². The number of aryl methyl sites for hydroxylation is 1. The predicted molar refractivity (Wildman–Crippen MR) is 34.2 cm³/mol. The Labute approximate surface area is 80.2 Å². The van der Waals surface area contributed by atoms with Crippen molar-refractivity contribution in [2.24, 2.45) is 0 Å². The van der Waals surface area contributed by atoms with Crippen LogP contribution in [0.5, 0.6) is 5.75 Å². The molecule has 0 radical (unpaired) electrons. The van der Waals surface area contributed by atoms with E-state index < -0.39 is 0 Å². The molecule has 50 valence electrons. The van der Waals surface area contributed by atoms with Crippen LogP contribution < -0.4 is 5.11 Å². The van der Waals surface area contributed by atoms with E-state index in [-0.39, 0.29) is 32.0 Å². The molecule has 0 unspecified atom stereocenters. The summed E-state index contributed by atoms with van der Waals surface area (Å²) < 4.78 is 0. The summed E-state index contributed by atoms with van der Waals surface area (Å²) in [5.74, 6) is 0.00926.